The Kier molecular flexibility index (Phi) is 11.9. The quantitative estimate of drug-likeness (QED) is 0.162. The third-order valence-electron chi connectivity index (χ3n) is 7.47. The van der Waals surface area contributed by atoms with Crippen LogP contribution in [-0.4, -0.2) is 44.3 Å². The van der Waals surface area contributed by atoms with Gasteiger partial charge < -0.3 is 10.2 Å². The standard InChI is InChI=1S/C36H39Cl2N3O4S/c1-25(2)22-39-36(43)34(20-28-10-6-5-7-11-28)40(23-29-12-8-9-27(4)19-29)35(42)24-41(30-15-18-32(37)33(38)21-30)46(44,45)31-16-13-26(3)14-17-31/h5-19,21,25,34H,20,22-24H2,1-4H3,(H,39,43)/t34-/m1/s1. The first-order valence-corrected chi connectivity index (χ1v) is 17.3. The van der Waals surface area contributed by atoms with Crippen LogP contribution in [0.1, 0.15) is 36.1 Å². The van der Waals surface area contributed by atoms with E-state index in [4.69, 9.17) is 23.2 Å². The number of anilines is 1. The van der Waals surface area contributed by atoms with Crippen molar-refractivity contribution in [3.8, 4) is 0 Å². The lowest BCUT2D eigenvalue weighted by Crippen LogP contribution is -2.53. The molecule has 46 heavy (non-hydrogen) atoms. The summed E-state index contributed by atoms with van der Waals surface area (Å²) in [4.78, 5) is 29.9. The molecule has 4 rings (SSSR count). The minimum absolute atomic E-state index is 0.0118. The van der Waals surface area contributed by atoms with Crippen LogP contribution in [0, 0.1) is 19.8 Å². The maximum atomic E-state index is 14.6. The maximum absolute atomic E-state index is 14.6. The molecule has 0 fully saturated rings. The molecule has 0 aliphatic rings. The van der Waals surface area contributed by atoms with Crippen LogP contribution in [0.3, 0.4) is 0 Å². The van der Waals surface area contributed by atoms with Gasteiger partial charge >= 0.3 is 0 Å². The van der Waals surface area contributed by atoms with E-state index in [1.165, 1.54) is 35.2 Å². The smallest absolute Gasteiger partial charge is 0.264 e. The minimum Gasteiger partial charge on any atom is -0.354 e. The molecule has 0 heterocycles. The second kappa shape index (κ2) is 15.6. The number of amides is 2. The van der Waals surface area contributed by atoms with Gasteiger partial charge in [0, 0.05) is 19.5 Å². The number of sulfonamides is 1. The van der Waals surface area contributed by atoms with Crippen LogP contribution in [0.25, 0.3) is 0 Å². The summed E-state index contributed by atoms with van der Waals surface area (Å²) in [6.07, 6.45) is 0.236. The predicted octanol–water partition coefficient (Wildman–Crippen LogP) is 7.22. The zero-order chi connectivity index (χ0) is 33.4. The van der Waals surface area contributed by atoms with Gasteiger partial charge in [0.1, 0.15) is 12.6 Å². The van der Waals surface area contributed by atoms with Crippen LogP contribution in [0.2, 0.25) is 10.0 Å². The Hall–Kier alpha value is -3.85. The molecular weight excluding hydrogens is 641 g/mol. The maximum Gasteiger partial charge on any atom is 0.264 e. The molecule has 0 radical (unpaired) electrons. The third kappa shape index (κ3) is 9.12. The van der Waals surface area contributed by atoms with E-state index in [0.29, 0.717) is 6.54 Å². The van der Waals surface area contributed by atoms with Gasteiger partial charge in [-0.15, -0.1) is 0 Å². The molecule has 0 unspecified atom stereocenters. The summed E-state index contributed by atoms with van der Waals surface area (Å²) in [6.45, 7) is 7.73. The second-order valence-corrected chi connectivity index (χ2v) is 14.5. The number of benzene rings is 4. The molecule has 0 aliphatic heterocycles. The van der Waals surface area contributed by atoms with Crippen molar-refractivity contribution in [1.82, 2.24) is 10.2 Å². The first-order chi connectivity index (χ1) is 21.8. The molecule has 7 nitrogen and oxygen atoms in total. The van der Waals surface area contributed by atoms with Crippen LogP contribution in [-0.2, 0) is 32.6 Å². The van der Waals surface area contributed by atoms with Crippen LogP contribution >= 0.6 is 23.2 Å². The summed E-state index contributed by atoms with van der Waals surface area (Å²) in [5, 5.41) is 3.38. The lowest BCUT2D eigenvalue weighted by Gasteiger charge is -2.34. The molecule has 0 aliphatic carbocycles. The summed E-state index contributed by atoms with van der Waals surface area (Å²) in [5.41, 5.74) is 3.72. The Balaban J connectivity index is 1.82. The Morgan fingerprint density at radius 2 is 1.46 bits per heavy atom. The molecule has 2 amide bonds. The fourth-order valence-corrected chi connectivity index (χ4v) is 6.69. The monoisotopic (exact) mass is 679 g/mol. The number of carbonyl (C=O) groups excluding carboxylic acids is 2. The first kappa shape index (κ1) is 35.0. The van der Waals surface area contributed by atoms with Crippen molar-refractivity contribution in [3.63, 3.8) is 0 Å². The van der Waals surface area contributed by atoms with Gasteiger partial charge in [-0.1, -0.05) is 115 Å². The van der Waals surface area contributed by atoms with E-state index >= 15 is 0 Å². The molecule has 242 valence electrons. The minimum atomic E-state index is -4.25. The molecule has 1 N–H and O–H groups in total. The summed E-state index contributed by atoms with van der Waals surface area (Å²) in [6, 6.07) is 27.0. The topological polar surface area (TPSA) is 86.8 Å². The van der Waals surface area contributed by atoms with Crippen molar-refractivity contribution >= 4 is 50.7 Å². The fraction of sp³-hybridized carbons (Fsp3) is 0.278. The number of rotatable bonds is 13. The molecule has 0 aromatic heterocycles. The van der Waals surface area contributed by atoms with Gasteiger partial charge in [-0.2, -0.15) is 0 Å². The summed E-state index contributed by atoms with van der Waals surface area (Å²) in [5.74, 6) is -0.683. The molecule has 10 heteroatoms. The number of carbonyl (C=O) groups is 2. The number of nitrogens with zero attached hydrogens (tertiary/aromatic N) is 2. The average Bonchev–Trinajstić information content (AvgIpc) is 3.02. The van der Waals surface area contributed by atoms with Gasteiger partial charge in [0.25, 0.3) is 10.0 Å². The zero-order valence-corrected chi connectivity index (χ0v) is 28.7. The normalized spacial score (nSPS) is 12.1. The van der Waals surface area contributed by atoms with E-state index in [9.17, 15) is 18.0 Å². The van der Waals surface area contributed by atoms with Crippen LogP contribution < -0.4 is 9.62 Å². The van der Waals surface area contributed by atoms with Gasteiger partial charge in [0.2, 0.25) is 11.8 Å². The van der Waals surface area contributed by atoms with E-state index < -0.39 is 28.5 Å². The Morgan fingerprint density at radius 3 is 2.09 bits per heavy atom. The number of halogens is 2. The van der Waals surface area contributed by atoms with Crippen molar-refractivity contribution < 1.29 is 18.0 Å². The van der Waals surface area contributed by atoms with Crippen LogP contribution in [0.4, 0.5) is 5.69 Å². The molecular formula is C36H39Cl2N3O4S. The molecule has 4 aromatic rings. The Bertz CT molecular complexity index is 1760. The molecule has 0 saturated heterocycles. The van der Waals surface area contributed by atoms with E-state index in [2.05, 4.69) is 5.32 Å². The molecule has 1 atom stereocenters. The van der Waals surface area contributed by atoms with Gasteiger partial charge in [-0.25, -0.2) is 8.42 Å². The van der Waals surface area contributed by atoms with Crippen molar-refractivity contribution in [3.05, 3.63) is 129 Å². The summed E-state index contributed by atoms with van der Waals surface area (Å²) >= 11 is 12.5. The van der Waals surface area contributed by atoms with Crippen molar-refractivity contribution in [2.24, 2.45) is 5.92 Å². The zero-order valence-electron chi connectivity index (χ0n) is 26.4. The largest absolute Gasteiger partial charge is 0.354 e. The number of aryl methyl sites for hydroxylation is 2. The molecule has 0 saturated carbocycles. The SMILES string of the molecule is Cc1ccc(S(=O)(=O)N(CC(=O)N(Cc2cccc(C)c2)[C@H](Cc2ccccc2)C(=O)NCC(C)C)c2ccc(Cl)c(Cl)c2)cc1. The van der Waals surface area contributed by atoms with Crippen molar-refractivity contribution in [1.29, 1.82) is 0 Å². The first-order valence-electron chi connectivity index (χ1n) is 15.1. The average molecular weight is 681 g/mol. The molecule has 0 bridgehead atoms. The Morgan fingerprint density at radius 1 is 0.783 bits per heavy atom. The van der Waals surface area contributed by atoms with Crippen molar-refractivity contribution in [2.45, 2.75) is 51.6 Å². The third-order valence-corrected chi connectivity index (χ3v) is 10.00. The lowest BCUT2D eigenvalue weighted by molar-refractivity contribution is -0.140. The number of hydrogen-bond acceptors (Lipinski definition) is 4. The van der Waals surface area contributed by atoms with Gasteiger partial charge in [-0.3, -0.25) is 13.9 Å². The van der Waals surface area contributed by atoms with Crippen LogP contribution in [0.5, 0.6) is 0 Å². The number of hydrogen-bond donors (Lipinski definition) is 1. The molecule has 0 spiro atoms. The van der Waals surface area contributed by atoms with E-state index in [1.807, 2.05) is 82.3 Å². The Labute approximate surface area is 282 Å². The van der Waals surface area contributed by atoms with Crippen LogP contribution in [0.15, 0.2) is 102 Å². The fourth-order valence-electron chi connectivity index (χ4n) is 4.99. The highest BCUT2D eigenvalue weighted by molar-refractivity contribution is 7.92. The van der Waals surface area contributed by atoms with E-state index in [-0.39, 0.29) is 45.4 Å². The lowest BCUT2D eigenvalue weighted by atomic mass is 10.0. The van der Waals surface area contributed by atoms with Gasteiger partial charge in [-0.05, 0) is 61.2 Å². The van der Waals surface area contributed by atoms with E-state index in [1.54, 1.807) is 12.1 Å². The summed E-state index contributed by atoms with van der Waals surface area (Å²) in [7, 11) is -4.25. The highest BCUT2D eigenvalue weighted by atomic mass is 35.5. The van der Waals surface area contributed by atoms with E-state index in [0.717, 1.165) is 26.6 Å². The predicted molar refractivity (Wildman–Crippen MR) is 186 cm³/mol. The highest BCUT2D eigenvalue weighted by Crippen LogP contribution is 2.31. The summed E-state index contributed by atoms with van der Waals surface area (Å²) < 4.78 is 29.4. The van der Waals surface area contributed by atoms with Crippen molar-refractivity contribution in [2.75, 3.05) is 17.4 Å². The number of nitrogens with one attached hydrogen (secondary N) is 1. The highest BCUT2D eigenvalue weighted by Gasteiger charge is 2.35. The second-order valence-electron chi connectivity index (χ2n) is 11.8. The molecule has 4 aromatic carbocycles. The van der Waals surface area contributed by atoms with Gasteiger partial charge in [0.15, 0.2) is 0 Å². The van der Waals surface area contributed by atoms with Gasteiger partial charge in [0.05, 0.1) is 20.6 Å².